The highest BCUT2D eigenvalue weighted by molar-refractivity contribution is 8.00. The highest BCUT2D eigenvalue weighted by atomic mass is 32.2. The van der Waals surface area contributed by atoms with Crippen LogP contribution in [0.5, 0.6) is 0 Å². The summed E-state index contributed by atoms with van der Waals surface area (Å²) in [6.45, 7) is 3.15. The fourth-order valence-corrected chi connectivity index (χ4v) is 3.74. The van der Waals surface area contributed by atoms with E-state index < -0.39 is 0 Å². The van der Waals surface area contributed by atoms with Crippen molar-refractivity contribution in [3.63, 3.8) is 0 Å². The van der Waals surface area contributed by atoms with Crippen molar-refractivity contribution >= 4 is 23.1 Å². The van der Waals surface area contributed by atoms with E-state index in [1.807, 2.05) is 23.9 Å². The summed E-state index contributed by atoms with van der Waals surface area (Å²) in [4.78, 5) is 0. The van der Waals surface area contributed by atoms with Crippen LogP contribution in [0.2, 0.25) is 0 Å². The third-order valence-corrected chi connectivity index (χ3v) is 5.51. The minimum atomic E-state index is 0.410. The number of para-hydroxylation sites is 1. The van der Waals surface area contributed by atoms with Crippen LogP contribution in [0.15, 0.2) is 18.2 Å². The predicted molar refractivity (Wildman–Crippen MR) is 83.4 cm³/mol. The zero-order valence-electron chi connectivity index (χ0n) is 11.5. The molecule has 0 aliphatic heterocycles. The Balaban J connectivity index is 2.05. The molecule has 0 atom stereocenters. The van der Waals surface area contributed by atoms with E-state index in [2.05, 4.69) is 24.6 Å². The minimum Gasteiger partial charge on any atom is -0.397 e. The molecule has 2 nitrogen and oxygen atoms in total. The van der Waals surface area contributed by atoms with Crippen LogP contribution in [0.3, 0.4) is 0 Å². The summed E-state index contributed by atoms with van der Waals surface area (Å²) in [6, 6.07) is 6.11. The zero-order chi connectivity index (χ0) is 13.0. The van der Waals surface area contributed by atoms with Crippen LogP contribution in [0.4, 0.5) is 11.4 Å². The fraction of sp³-hybridized carbons (Fsp3) is 0.600. The van der Waals surface area contributed by atoms with E-state index in [1.54, 1.807) is 0 Å². The van der Waals surface area contributed by atoms with Crippen molar-refractivity contribution in [2.45, 2.75) is 43.8 Å². The van der Waals surface area contributed by atoms with Crippen molar-refractivity contribution < 1.29 is 0 Å². The highest BCUT2D eigenvalue weighted by Crippen LogP contribution is 2.39. The molecule has 1 aromatic carbocycles. The lowest BCUT2D eigenvalue weighted by Crippen LogP contribution is -2.35. The smallest absolute Gasteiger partial charge is 0.0604 e. The second-order valence-corrected chi connectivity index (χ2v) is 6.61. The topological polar surface area (TPSA) is 38.0 Å². The third-order valence-electron chi connectivity index (χ3n) is 4.09. The number of anilines is 2. The molecular formula is C15H24N2S. The molecule has 0 aromatic heterocycles. The van der Waals surface area contributed by atoms with Gasteiger partial charge >= 0.3 is 0 Å². The third kappa shape index (κ3) is 2.94. The average molecular weight is 264 g/mol. The molecule has 3 N–H and O–H groups in total. The van der Waals surface area contributed by atoms with Crippen LogP contribution in [-0.2, 0) is 0 Å². The van der Waals surface area contributed by atoms with Gasteiger partial charge in [0.05, 0.1) is 11.4 Å². The number of hydrogen-bond donors (Lipinski definition) is 2. The Morgan fingerprint density at radius 1 is 1.28 bits per heavy atom. The van der Waals surface area contributed by atoms with E-state index in [1.165, 1.54) is 37.7 Å². The molecular weight excluding hydrogens is 240 g/mol. The van der Waals surface area contributed by atoms with Crippen LogP contribution >= 0.6 is 11.8 Å². The molecule has 3 heteroatoms. The summed E-state index contributed by atoms with van der Waals surface area (Å²) in [5, 5.41) is 3.60. The van der Waals surface area contributed by atoms with Crippen molar-refractivity contribution in [2.24, 2.45) is 0 Å². The van der Waals surface area contributed by atoms with E-state index >= 15 is 0 Å². The Bertz CT molecular complexity index is 377. The van der Waals surface area contributed by atoms with Gasteiger partial charge in [-0.15, -0.1) is 0 Å². The van der Waals surface area contributed by atoms with Crippen molar-refractivity contribution in [2.75, 3.05) is 23.9 Å². The first-order valence-corrected chi connectivity index (χ1v) is 8.03. The Hall–Kier alpha value is -0.830. The van der Waals surface area contributed by atoms with Gasteiger partial charge in [0, 0.05) is 11.3 Å². The number of hydrogen-bond acceptors (Lipinski definition) is 3. The molecule has 100 valence electrons. The minimum absolute atomic E-state index is 0.410. The Morgan fingerprint density at radius 3 is 2.61 bits per heavy atom. The summed E-state index contributed by atoms with van der Waals surface area (Å²) in [5.74, 6) is 0. The van der Waals surface area contributed by atoms with Crippen LogP contribution in [0.25, 0.3) is 0 Å². The Labute approximate surface area is 115 Å². The van der Waals surface area contributed by atoms with E-state index in [9.17, 15) is 0 Å². The number of nitrogens with one attached hydrogen (secondary N) is 1. The first-order chi connectivity index (χ1) is 8.67. The number of rotatable bonds is 4. The number of nitrogens with two attached hydrogens (primary N) is 1. The lowest BCUT2D eigenvalue weighted by atomic mass is 9.88. The highest BCUT2D eigenvalue weighted by Gasteiger charge is 2.31. The van der Waals surface area contributed by atoms with Crippen molar-refractivity contribution in [3.8, 4) is 0 Å². The molecule has 0 radical (unpaired) electrons. The van der Waals surface area contributed by atoms with E-state index in [4.69, 9.17) is 5.73 Å². The molecule has 18 heavy (non-hydrogen) atoms. The number of aryl methyl sites for hydroxylation is 1. The van der Waals surface area contributed by atoms with Gasteiger partial charge in [-0.2, -0.15) is 11.8 Å². The largest absolute Gasteiger partial charge is 0.397 e. The van der Waals surface area contributed by atoms with Gasteiger partial charge < -0.3 is 11.1 Å². The summed E-state index contributed by atoms with van der Waals surface area (Å²) in [6.07, 6.45) is 9.03. The van der Waals surface area contributed by atoms with Crippen LogP contribution < -0.4 is 11.1 Å². The second-order valence-electron chi connectivity index (χ2n) is 5.34. The summed E-state index contributed by atoms with van der Waals surface area (Å²) < 4.78 is 0.410. The lowest BCUT2D eigenvalue weighted by Gasteiger charge is -2.36. The number of benzene rings is 1. The fourth-order valence-electron chi connectivity index (χ4n) is 2.83. The van der Waals surface area contributed by atoms with Gasteiger partial charge in [0.1, 0.15) is 0 Å². The van der Waals surface area contributed by atoms with Gasteiger partial charge in [0.2, 0.25) is 0 Å². The molecule has 0 amide bonds. The molecule has 0 saturated heterocycles. The zero-order valence-corrected chi connectivity index (χ0v) is 12.3. The maximum absolute atomic E-state index is 6.05. The monoisotopic (exact) mass is 264 g/mol. The van der Waals surface area contributed by atoms with Crippen LogP contribution in [-0.4, -0.2) is 17.5 Å². The SMILES string of the molecule is CSC1(CNc2c(C)cccc2N)CCCCC1. The maximum Gasteiger partial charge on any atom is 0.0604 e. The normalized spacial score (nSPS) is 18.6. The average Bonchev–Trinajstić information content (AvgIpc) is 2.39. The molecule has 1 saturated carbocycles. The lowest BCUT2D eigenvalue weighted by molar-refractivity contribution is 0.411. The van der Waals surface area contributed by atoms with Gasteiger partial charge in [-0.25, -0.2) is 0 Å². The quantitative estimate of drug-likeness (QED) is 0.806. The van der Waals surface area contributed by atoms with Crippen LogP contribution in [0, 0.1) is 6.92 Å². The summed E-state index contributed by atoms with van der Waals surface area (Å²) in [7, 11) is 0. The predicted octanol–water partition coefficient (Wildman–Crippen LogP) is 4.06. The molecule has 0 unspecified atom stereocenters. The van der Waals surface area contributed by atoms with Crippen molar-refractivity contribution in [1.29, 1.82) is 0 Å². The van der Waals surface area contributed by atoms with Crippen molar-refractivity contribution in [3.05, 3.63) is 23.8 Å². The molecule has 1 aliphatic carbocycles. The molecule has 1 aromatic rings. The van der Waals surface area contributed by atoms with Gasteiger partial charge in [-0.05, 0) is 37.7 Å². The van der Waals surface area contributed by atoms with E-state index in [0.717, 1.165) is 17.9 Å². The van der Waals surface area contributed by atoms with Gasteiger partial charge in [0.25, 0.3) is 0 Å². The van der Waals surface area contributed by atoms with Gasteiger partial charge in [-0.1, -0.05) is 31.4 Å². The molecule has 0 spiro atoms. The summed E-state index contributed by atoms with van der Waals surface area (Å²) in [5.41, 5.74) is 9.28. The van der Waals surface area contributed by atoms with Gasteiger partial charge in [-0.3, -0.25) is 0 Å². The first-order valence-electron chi connectivity index (χ1n) is 6.81. The summed E-state index contributed by atoms with van der Waals surface area (Å²) >= 11 is 2.02. The Morgan fingerprint density at radius 2 is 2.00 bits per heavy atom. The van der Waals surface area contributed by atoms with Gasteiger partial charge in [0.15, 0.2) is 0 Å². The molecule has 0 bridgehead atoms. The maximum atomic E-state index is 6.05. The second kappa shape index (κ2) is 5.87. The number of nitrogen functional groups attached to an aromatic ring is 1. The number of thioether (sulfide) groups is 1. The van der Waals surface area contributed by atoms with E-state index in [-0.39, 0.29) is 0 Å². The molecule has 1 aliphatic rings. The first kappa shape index (κ1) is 13.6. The standard InChI is InChI=1S/C15H24N2S/c1-12-7-6-8-13(16)14(12)17-11-15(18-2)9-4-3-5-10-15/h6-8,17H,3-5,9-11,16H2,1-2H3. The molecule has 2 rings (SSSR count). The van der Waals surface area contributed by atoms with Crippen molar-refractivity contribution in [1.82, 2.24) is 0 Å². The molecule has 0 heterocycles. The van der Waals surface area contributed by atoms with Crippen LogP contribution in [0.1, 0.15) is 37.7 Å². The van der Waals surface area contributed by atoms with E-state index in [0.29, 0.717) is 4.75 Å². The Kier molecular flexibility index (Phi) is 4.44. The molecule has 1 fully saturated rings.